The second-order valence-corrected chi connectivity index (χ2v) is 16.2. The third kappa shape index (κ3) is 15.8. The normalized spacial score (nSPS) is 14.2. The number of nitrogens with one attached hydrogen (secondary N) is 4. The van der Waals surface area contributed by atoms with E-state index in [4.69, 9.17) is 15.1 Å². The number of aliphatic hydroxyl groups excluding tert-OH is 2. The SMILES string of the molecule is CC(C)[C@H](NC(=O)CCCC(=O)ON1C(=O)CCC1=O)C(=O)N[C@@H](C)C(=O)NCCCN[C@@H](c1cc(-c2cc(F)ccc2F)cn1Cc1ccccc1)C(C)(C)C.OCCO. The van der Waals surface area contributed by atoms with E-state index in [0.717, 1.165) is 23.4 Å². The number of aliphatic hydroxyl groups is 2. The minimum Gasteiger partial charge on any atom is -0.394 e. The molecule has 1 aromatic heterocycles. The van der Waals surface area contributed by atoms with Crippen molar-refractivity contribution in [2.45, 2.75) is 105 Å². The standard InChI is InChI=1S/C42H54F2N6O7.C2H6O2/c1-26(2)38(48-34(51)14-10-15-37(54)57-50-35(52)18-19-36(50)53)41(56)47-27(3)40(55)46-21-11-20-45-39(42(4,5)6)33-22-29(31-23-30(43)16-17-32(31)44)25-49(33)24-28-12-8-7-9-13-28;3-1-2-4/h7-9,12-13,16-17,22-23,25-27,38-39,45H,10-11,14-15,18-21,24H2,1-6H3,(H,46,55)(H,47,56)(H,48,51);3-4H,1-2H2/t27-,38-,39-;/m0./s1. The summed E-state index contributed by atoms with van der Waals surface area (Å²) in [5.41, 5.74) is 2.39. The lowest BCUT2D eigenvalue weighted by Crippen LogP contribution is -2.54. The summed E-state index contributed by atoms with van der Waals surface area (Å²) in [6.07, 6.45) is 2.08. The van der Waals surface area contributed by atoms with Crippen LogP contribution in [-0.4, -0.2) is 93.7 Å². The summed E-state index contributed by atoms with van der Waals surface area (Å²) in [5, 5.41) is 27.5. The first-order valence-electron chi connectivity index (χ1n) is 20.4. The van der Waals surface area contributed by atoms with Crippen molar-refractivity contribution >= 4 is 35.5 Å². The number of carbonyl (C=O) groups is 6. The average Bonchev–Trinajstić information content (AvgIpc) is 3.76. The zero-order chi connectivity index (χ0) is 45.3. The first-order chi connectivity index (χ1) is 28.9. The predicted molar refractivity (Wildman–Crippen MR) is 223 cm³/mol. The zero-order valence-corrected chi connectivity index (χ0v) is 35.8. The van der Waals surface area contributed by atoms with Gasteiger partial charge in [0, 0.05) is 61.8 Å². The van der Waals surface area contributed by atoms with Crippen LogP contribution in [0, 0.1) is 23.0 Å². The quantitative estimate of drug-likeness (QED) is 0.0710. The van der Waals surface area contributed by atoms with E-state index in [-0.39, 0.29) is 68.3 Å². The molecule has 0 saturated carbocycles. The fourth-order valence-electron chi connectivity index (χ4n) is 6.46. The van der Waals surface area contributed by atoms with Gasteiger partial charge in [-0.25, -0.2) is 13.6 Å². The number of aromatic nitrogens is 1. The topological polar surface area (TPSA) is 208 Å². The van der Waals surface area contributed by atoms with Crippen LogP contribution in [0.25, 0.3) is 11.1 Å². The Bertz CT molecular complexity index is 1930. The molecule has 3 aromatic rings. The van der Waals surface area contributed by atoms with Crippen LogP contribution in [0.1, 0.15) is 97.4 Å². The Morgan fingerprint density at radius 3 is 2.10 bits per heavy atom. The summed E-state index contributed by atoms with van der Waals surface area (Å²) >= 11 is 0. The molecule has 0 bridgehead atoms. The van der Waals surface area contributed by atoms with Crippen LogP contribution in [0.4, 0.5) is 8.78 Å². The van der Waals surface area contributed by atoms with Crippen LogP contribution in [0.2, 0.25) is 0 Å². The maximum Gasteiger partial charge on any atom is 0.333 e. The monoisotopic (exact) mass is 854 g/mol. The Hall–Kier alpha value is -5.52. The number of carbonyl (C=O) groups excluding carboxylic acids is 6. The van der Waals surface area contributed by atoms with E-state index in [1.165, 1.54) is 6.07 Å². The third-order valence-corrected chi connectivity index (χ3v) is 9.63. The largest absolute Gasteiger partial charge is 0.394 e. The molecule has 5 amide bonds. The number of amides is 5. The summed E-state index contributed by atoms with van der Waals surface area (Å²) in [5.74, 6) is -4.82. The van der Waals surface area contributed by atoms with E-state index < -0.39 is 59.2 Å². The molecule has 0 radical (unpaired) electrons. The molecule has 2 heterocycles. The highest BCUT2D eigenvalue weighted by atomic mass is 19.1. The lowest BCUT2D eigenvalue weighted by molar-refractivity contribution is -0.197. The van der Waals surface area contributed by atoms with E-state index in [1.807, 2.05) is 42.6 Å². The second-order valence-electron chi connectivity index (χ2n) is 16.2. The number of hydrogen-bond donors (Lipinski definition) is 6. The molecule has 1 aliphatic rings. The van der Waals surface area contributed by atoms with Crippen molar-refractivity contribution in [3.05, 3.63) is 83.7 Å². The molecule has 6 N–H and O–H groups in total. The van der Waals surface area contributed by atoms with E-state index in [2.05, 4.69) is 46.6 Å². The minimum absolute atomic E-state index is 0.0242. The van der Waals surface area contributed by atoms with Gasteiger partial charge < -0.3 is 40.9 Å². The molecule has 17 heteroatoms. The van der Waals surface area contributed by atoms with Gasteiger partial charge in [-0.2, -0.15) is 0 Å². The van der Waals surface area contributed by atoms with E-state index in [1.54, 1.807) is 20.8 Å². The van der Waals surface area contributed by atoms with Crippen LogP contribution in [0.15, 0.2) is 60.8 Å². The van der Waals surface area contributed by atoms with Gasteiger partial charge in [-0.05, 0) is 67.5 Å². The molecule has 2 aromatic carbocycles. The first-order valence-corrected chi connectivity index (χ1v) is 20.4. The molecule has 61 heavy (non-hydrogen) atoms. The van der Waals surface area contributed by atoms with Crippen molar-refractivity contribution in [3.63, 3.8) is 0 Å². The van der Waals surface area contributed by atoms with Crippen molar-refractivity contribution in [1.82, 2.24) is 30.9 Å². The molecule has 4 rings (SSSR count). The lowest BCUT2D eigenvalue weighted by Gasteiger charge is -2.33. The van der Waals surface area contributed by atoms with E-state index in [0.29, 0.717) is 36.7 Å². The van der Waals surface area contributed by atoms with E-state index in [9.17, 15) is 37.5 Å². The number of halogens is 2. The molecule has 0 aliphatic carbocycles. The molecule has 1 aliphatic heterocycles. The van der Waals surface area contributed by atoms with Crippen molar-refractivity contribution in [2.75, 3.05) is 26.3 Å². The van der Waals surface area contributed by atoms with Gasteiger partial charge in [-0.1, -0.05) is 65.0 Å². The Morgan fingerprint density at radius 2 is 1.49 bits per heavy atom. The second kappa shape index (κ2) is 24.1. The van der Waals surface area contributed by atoms with Crippen molar-refractivity contribution < 1.29 is 52.6 Å². The molecular formula is C44H60F2N6O9. The highest BCUT2D eigenvalue weighted by Gasteiger charge is 2.33. The zero-order valence-electron chi connectivity index (χ0n) is 35.8. The van der Waals surface area contributed by atoms with Gasteiger partial charge in [0.15, 0.2) is 0 Å². The highest BCUT2D eigenvalue weighted by molar-refractivity contribution is 6.01. The van der Waals surface area contributed by atoms with Gasteiger partial charge in [0.25, 0.3) is 11.8 Å². The summed E-state index contributed by atoms with van der Waals surface area (Å²) in [6, 6.07) is 13.1. The first kappa shape index (κ1) is 49.8. The van der Waals surface area contributed by atoms with Gasteiger partial charge in [0.05, 0.1) is 19.3 Å². The molecule has 1 fully saturated rings. The smallest absolute Gasteiger partial charge is 0.333 e. The number of imide groups is 1. The van der Waals surface area contributed by atoms with Crippen LogP contribution in [0.3, 0.4) is 0 Å². The van der Waals surface area contributed by atoms with Gasteiger partial charge >= 0.3 is 5.97 Å². The molecule has 15 nitrogen and oxygen atoms in total. The summed E-state index contributed by atoms with van der Waals surface area (Å²) in [6.45, 7) is 12.4. The highest BCUT2D eigenvalue weighted by Crippen LogP contribution is 2.37. The Labute approximate surface area is 355 Å². The average molecular weight is 855 g/mol. The number of nitrogens with zero attached hydrogens (tertiary/aromatic N) is 2. The van der Waals surface area contributed by atoms with Crippen LogP contribution in [-0.2, 0) is 40.1 Å². The van der Waals surface area contributed by atoms with Crippen molar-refractivity contribution in [3.8, 4) is 11.1 Å². The number of benzene rings is 2. The van der Waals surface area contributed by atoms with Gasteiger partial charge in [0.1, 0.15) is 23.7 Å². The fourth-order valence-corrected chi connectivity index (χ4v) is 6.46. The van der Waals surface area contributed by atoms with Crippen molar-refractivity contribution in [2.24, 2.45) is 11.3 Å². The predicted octanol–water partition coefficient (Wildman–Crippen LogP) is 4.06. The lowest BCUT2D eigenvalue weighted by atomic mass is 9.84. The molecule has 334 valence electrons. The van der Waals surface area contributed by atoms with E-state index >= 15 is 0 Å². The Morgan fingerprint density at radius 1 is 0.836 bits per heavy atom. The summed E-state index contributed by atoms with van der Waals surface area (Å²) < 4.78 is 31.1. The number of hydroxylamine groups is 2. The maximum atomic E-state index is 14.9. The number of rotatable bonds is 20. The van der Waals surface area contributed by atoms with Gasteiger partial charge in [-0.15, -0.1) is 5.06 Å². The summed E-state index contributed by atoms with van der Waals surface area (Å²) in [7, 11) is 0. The molecule has 0 spiro atoms. The number of hydrogen-bond acceptors (Lipinski definition) is 10. The minimum atomic E-state index is -0.947. The fraction of sp³-hybridized carbons (Fsp3) is 0.500. The van der Waals surface area contributed by atoms with Crippen molar-refractivity contribution in [1.29, 1.82) is 0 Å². The molecule has 0 unspecified atom stereocenters. The Balaban J connectivity index is 0.00000237. The van der Waals surface area contributed by atoms with Crippen LogP contribution >= 0.6 is 0 Å². The summed E-state index contributed by atoms with van der Waals surface area (Å²) in [4.78, 5) is 78.8. The van der Waals surface area contributed by atoms with Crippen LogP contribution in [0.5, 0.6) is 0 Å². The Kier molecular flexibility index (Phi) is 19.7. The molecule has 1 saturated heterocycles. The van der Waals surface area contributed by atoms with Gasteiger partial charge in [0.2, 0.25) is 17.7 Å². The molecular weight excluding hydrogens is 795 g/mol. The molecule has 3 atom stereocenters. The van der Waals surface area contributed by atoms with Gasteiger partial charge in [-0.3, -0.25) is 24.0 Å². The van der Waals surface area contributed by atoms with Crippen LogP contribution < -0.4 is 21.3 Å². The maximum absolute atomic E-state index is 14.9. The third-order valence-electron chi connectivity index (χ3n) is 9.63.